The van der Waals surface area contributed by atoms with Gasteiger partial charge in [-0.2, -0.15) is 13.7 Å². The number of nitrogens with zero attached hydrogens (tertiary/aromatic N) is 6. The molecule has 10 nitrogen and oxygen atoms in total. The summed E-state index contributed by atoms with van der Waals surface area (Å²) in [6, 6.07) is 67.8. The van der Waals surface area contributed by atoms with Crippen molar-refractivity contribution in [2.75, 3.05) is 0 Å². The highest BCUT2D eigenvalue weighted by molar-refractivity contribution is 6.24. The number of hydrogen-bond donors (Lipinski definition) is 0. The minimum Gasteiger partial charge on any atom is -0.456 e. The van der Waals surface area contributed by atoms with E-state index in [1.165, 1.54) is 38.4 Å². The highest BCUT2D eigenvalue weighted by Crippen LogP contribution is 2.45. The maximum atomic E-state index is 8.19. The third kappa shape index (κ3) is 11.2. The first kappa shape index (κ1) is 50.6. The van der Waals surface area contributed by atoms with Crippen LogP contribution in [0.1, 0.15) is 70.6 Å². The number of hydrogen-bond acceptors (Lipinski definition) is 6. The lowest BCUT2D eigenvalue weighted by Crippen LogP contribution is -2.31. The Labute approximate surface area is 629 Å². The van der Waals surface area contributed by atoms with Gasteiger partial charge < -0.3 is 17.7 Å². The van der Waals surface area contributed by atoms with E-state index in [2.05, 4.69) is 101 Å². The predicted molar refractivity (Wildman–Crippen MR) is 430 cm³/mol. The third-order valence-electron chi connectivity index (χ3n) is 20.3. The Bertz CT molecular complexity index is 7590. The molecule has 0 aliphatic rings. The van der Waals surface area contributed by atoms with Crippen molar-refractivity contribution in [1.82, 2.24) is 9.97 Å². The van der Waals surface area contributed by atoms with Gasteiger partial charge in [0.25, 0.3) is 11.4 Å². The molecule has 0 atom stereocenters. The minimum atomic E-state index is -2.37. The van der Waals surface area contributed by atoms with Crippen molar-refractivity contribution in [3.63, 3.8) is 0 Å². The van der Waals surface area contributed by atoms with Crippen LogP contribution in [0.5, 0.6) is 0 Å². The molecule has 10 aromatic carbocycles. The first-order chi connectivity index (χ1) is 57.0. The topological polar surface area (TPSA) is 93.9 Å². The quantitative estimate of drug-likeness (QED) is 0.163. The van der Waals surface area contributed by atoms with Crippen molar-refractivity contribution < 1.29 is 56.5 Å². The van der Waals surface area contributed by atoms with Crippen LogP contribution in [0, 0.1) is 62.0 Å². The van der Waals surface area contributed by atoms with E-state index in [9.17, 15) is 0 Å². The third-order valence-corrected chi connectivity index (χ3v) is 20.3. The Kier molecular flexibility index (Phi) is 12.5. The molecule has 10 heteroatoms. The minimum absolute atomic E-state index is 0.140. The summed E-state index contributed by atoms with van der Waals surface area (Å²) < 4.78 is 151. The van der Waals surface area contributed by atoms with Gasteiger partial charge in [0.05, 0.1) is 33.1 Å². The first-order valence-electron chi connectivity index (χ1n) is 42.1. The van der Waals surface area contributed by atoms with Gasteiger partial charge in [-0.1, -0.05) is 144 Å². The van der Waals surface area contributed by atoms with Gasteiger partial charge in [-0.15, -0.1) is 0 Å². The van der Waals surface area contributed by atoms with Crippen molar-refractivity contribution in [1.29, 1.82) is 0 Å². The van der Waals surface area contributed by atoms with Crippen LogP contribution in [0.4, 0.5) is 0 Å². The van der Waals surface area contributed by atoms with Crippen LogP contribution in [-0.4, -0.2) is 9.97 Å². The summed E-state index contributed by atoms with van der Waals surface area (Å²) in [5.41, 5.74) is 19.3. The van der Waals surface area contributed by atoms with E-state index in [1.807, 2.05) is 143 Å². The molecule has 0 unspecified atom stereocenters. The molecule has 105 heavy (non-hydrogen) atoms. The van der Waals surface area contributed by atoms with Gasteiger partial charge >= 0.3 is 0 Å². The van der Waals surface area contributed by atoms with E-state index in [1.54, 1.807) is 89.5 Å². The lowest BCUT2D eigenvalue weighted by atomic mass is 9.96. The maximum Gasteiger partial charge on any atom is 0.256 e. The van der Waals surface area contributed by atoms with E-state index in [4.69, 9.17) is 38.2 Å². The molecule has 0 amide bonds. The Morgan fingerprint density at radius 2 is 0.762 bits per heavy atom. The fraction of sp³-hybridized carbons (Fsp3) is 0.137. The monoisotopic (exact) mass is 1380 g/mol. The van der Waals surface area contributed by atoms with Gasteiger partial charge in [-0.05, 0) is 179 Å². The van der Waals surface area contributed by atoms with E-state index >= 15 is 0 Å². The first-order valence-corrected chi connectivity index (χ1v) is 34.6. The van der Waals surface area contributed by atoms with Crippen LogP contribution in [0.3, 0.4) is 0 Å². The lowest BCUT2D eigenvalue weighted by Gasteiger charge is -2.08. The smallest absolute Gasteiger partial charge is 0.256 e. The molecule has 20 aromatic rings. The van der Waals surface area contributed by atoms with E-state index < -0.39 is 34.3 Å². The van der Waals surface area contributed by atoms with Crippen molar-refractivity contribution in [2.45, 2.75) is 62.0 Å². The zero-order chi connectivity index (χ0) is 84.7. The van der Waals surface area contributed by atoms with Crippen LogP contribution in [0.15, 0.2) is 267 Å². The summed E-state index contributed by atoms with van der Waals surface area (Å²) >= 11 is 0. The molecular weight excluding hydrogens is 1290 g/mol. The summed E-state index contributed by atoms with van der Waals surface area (Å²) in [5, 5.41) is 13.5. The summed E-state index contributed by atoms with van der Waals surface area (Å²) in [4.78, 5) is 9.00. The molecule has 0 aliphatic carbocycles. The molecule has 0 radical (unpaired) electrons. The molecule has 510 valence electrons. The molecular formula is C95H80N6O4+4. The van der Waals surface area contributed by atoms with Gasteiger partial charge in [0.2, 0.25) is 22.6 Å². The molecule has 0 saturated heterocycles. The Morgan fingerprint density at radius 3 is 1.42 bits per heavy atom. The fourth-order valence-corrected chi connectivity index (χ4v) is 15.5. The van der Waals surface area contributed by atoms with Gasteiger partial charge in [0, 0.05) is 99.5 Å². The molecule has 0 aliphatic heterocycles. The molecule has 20 rings (SSSR count). The number of fused-ring (bicyclic) bond motifs is 20. The summed E-state index contributed by atoms with van der Waals surface area (Å²) in [6.07, 6.45) is 10.8. The van der Waals surface area contributed by atoms with Crippen molar-refractivity contribution in [2.24, 2.45) is 28.2 Å². The second-order valence-corrected chi connectivity index (χ2v) is 27.1. The van der Waals surface area contributed by atoms with Crippen LogP contribution >= 0.6 is 0 Å². The van der Waals surface area contributed by atoms with Gasteiger partial charge in [-0.3, -0.25) is 9.97 Å². The summed E-state index contributed by atoms with van der Waals surface area (Å²) in [7, 11) is 7.65. The second-order valence-electron chi connectivity index (χ2n) is 27.1. The zero-order valence-corrected chi connectivity index (χ0v) is 59.0. The molecule has 10 heterocycles. The number of furan rings is 4. The zero-order valence-electron chi connectivity index (χ0n) is 74.0. The average Bonchev–Trinajstić information content (AvgIpc) is 1.70. The molecule has 0 saturated carbocycles. The lowest BCUT2D eigenvalue weighted by molar-refractivity contribution is -0.659. The molecule has 10 aromatic heterocycles. The highest BCUT2D eigenvalue weighted by atomic mass is 16.3. The van der Waals surface area contributed by atoms with Crippen LogP contribution in [0.2, 0.25) is 0 Å². The number of rotatable bonds is 4. The number of pyridine rings is 6. The molecule has 0 spiro atoms. The second kappa shape index (κ2) is 26.0. The SMILES string of the molecule is Cc1ccccc1-c1c2c(cc[n+]1C)oc1ccc3ccccc3c12.[2H]C([2H])([2H])c1ccc(-c2c3c(oc4ccc5ccccc5c43)c(C([2H])([2H])[2H])c[n+]2C)c(C)c1.[2H]C([2H])([2H])c1ccc(-c2c3oc4ccc5cccnc5c4c3cc[n+]2C)c(C)c1.[2H]C([2H])([2H])c1ccc(-c2c3oc4ccc5ncccc5c4c3c(C([2H])([2H])[2H])c[n+]2C)c(C)c1. The Morgan fingerprint density at radius 1 is 0.295 bits per heavy atom. The maximum absolute atomic E-state index is 8.19. The molecule has 0 bridgehead atoms. The number of aryl methyl sites for hydroxylation is 13. The average molecular weight is 1380 g/mol. The highest BCUT2D eigenvalue weighted by Gasteiger charge is 2.30. The van der Waals surface area contributed by atoms with Gasteiger partial charge in [0.15, 0.2) is 30.4 Å². The van der Waals surface area contributed by atoms with Crippen LogP contribution < -0.4 is 18.3 Å². The summed E-state index contributed by atoms with van der Waals surface area (Å²) in [5.74, 6) is 0. The fourth-order valence-electron chi connectivity index (χ4n) is 15.5. The number of benzene rings is 10. The Hall–Kier alpha value is -12.7. The van der Waals surface area contributed by atoms with E-state index in [0.29, 0.717) is 49.7 Å². The normalized spacial score (nSPS) is 14.4. The predicted octanol–water partition coefficient (Wildman–Crippen LogP) is 22.5. The van der Waals surface area contributed by atoms with Crippen molar-refractivity contribution >= 4 is 131 Å². The van der Waals surface area contributed by atoms with Crippen molar-refractivity contribution in [3.05, 3.63) is 300 Å². The molecule has 0 N–H and O–H groups in total. The van der Waals surface area contributed by atoms with Gasteiger partial charge in [0.1, 0.15) is 66.9 Å². The largest absolute Gasteiger partial charge is 0.456 e. The van der Waals surface area contributed by atoms with E-state index in [-0.39, 0.29) is 22.3 Å². The van der Waals surface area contributed by atoms with Gasteiger partial charge in [-0.25, -0.2) is 4.57 Å². The van der Waals surface area contributed by atoms with Crippen LogP contribution in [-0.2, 0) is 28.2 Å². The number of aromatic nitrogens is 6. The molecule has 0 fully saturated rings. The standard InChI is InChI=1S/C25H22NO.C24H21N2O.C23H19N2O.C23H18NO/c1-15-9-11-19(16(2)13-15)24-23-22-20-8-6-5-7-18(20)10-12-21(22)27-25(23)17(3)14-26(24)4;1-14-7-8-17(15(2)12-14)23-24-21(16(3)13-26(23)4)22-18-6-5-11-25-19(18)9-10-20(22)27-24;1-14-6-8-17(15(2)13-14)22-23-18(10-12-25(22)3)20-19(26-23)9-7-16-5-4-11-24-21(16)20;1-15-7-3-5-9-17(15)23-22-20(13-14-24(23)2)25-19-12-11-16-8-4-6-10-18(16)21(19)22/h5-14H,1-4H3;5-13H,1-4H3;4-13H,1-3H3;3-14H,1-2H3/q4*+1/i2*1D3,3D3;1D3;. The van der Waals surface area contributed by atoms with E-state index in [0.717, 1.165) is 116 Å². The van der Waals surface area contributed by atoms with Crippen molar-refractivity contribution in [3.8, 4) is 45.0 Å². The Balaban J connectivity index is 0.000000115. The van der Waals surface area contributed by atoms with Crippen LogP contribution in [0.25, 0.3) is 176 Å². The summed E-state index contributed by atoms with van der Waals surface area (Å²) in [6.45, 7) is -3.46.